The van der Waals surface area contributed by atoms with E-state index in [0.717, 1.165) is 54.5 Å². The van der Waals surface area contributed by atoms with Crippen molar-refractivity contribution in [2.75, 3.05) is 14.7 Å². The first-order valence-electron chi connectivity index (χ1n) is 12.9. The Bertz CT molecular complexity index is 1780. The maximum atomic E-state index is 4.77. The van der Waals surface area contributed by atoms with Crippen molar-refractivity contribution >= 4 is 76.8 Å². The lowest BCUT2D eigenvalue weighted by molar-refractivity contribution is 0.901. The average Bonchev–Trinajstić information content (AvgIpc) is 3.77. The predicted octanol–water partition coefficient (Wildman–Crippen LogP) is 9.74. The molecule has 196 valence electrons. The van der Waals surface area contributed by atoms with Gasteiger partial charge in [0.2, 0.25) is 0 Å². The third-order valence-corrected chi connectivity index (χ3v) is 10.2. The molecule has 0 fully saturated rings. The molecule has 1 aromatic carbocycles. The Kier molecular flexibility index (Phi) is 6.51. The number of rotatable bonds is 5. The molecular formula is C32H25N5S3. The minimum Gasteiger partial charge on any atom is -0.318 e. The highest BCUT2D eigenvalue weighted by atomic mass is 32.2. The lowest BCUT2D eigenvalue weighted by Crippen LogP contribution is -2.27. The monoisotopic (exact) mass is 575 g/mol. The quantitative estimate of drug-likeness (QED) is 0.194. The van der Waals surface area contributed by atoms with Crippen molar-refractivity contribution in [3.63, 3.8) is 0 Å². The predicted molar refractivity (Wildman–Crippen MR) is 174 cm³/mol. The van der Waals surface area contributed by atoms with Crippen LogP contribution in [0.2, 0.25) is 0 Å². The molecule has 1 unspecified atom stereocenters. The van der Waals surface area contributed by atoms with Gasteiger partial charge in [-0.05, 0) is 73.2 Å². The average molecular weight is 576 g/mol. The van der Waals surface area contributed by atoms with E-state index < -0.39 is 0 Å². The minimum atomic E-state index is 0.135. The van der Waals surface area contributed by atoms with Crippen molar-refractivity contribution < 1.29 is 0 Å². The van der Waals surface area contributed by atoms with Crippen LogP contribution in [0.1, 0.15) is 6.42 Å². The number of hydrogen-bond acceptors (Lipinski definition) is 8. The highest BCUT2D eigenvalue weighted by molar-refractivity contribution is 8.04. The van der Waals surface area contributed by atoms with Gasteiger partial charge < -0.3 is 4.90 Å². The Morgan fingerprint density at radius 2 is 1.60 bits per heavy atom. The molecule has 2 aliphatic rings. The summed E-state index contributed by atoms with van der Waals surface area (Å²) in [6.45, 7) is 8.10. The van der Waals surface area contributed by atoms with Crippen molar-refractivity contribution in [2.45, 2.75) is 11.8 Å². The first-order chi connectivity index (χ1) is 19.7. The second kappa shape index (κ2) is 10.5. The third kappa shape index (κ3) is 4.25. The zero-order valence-electron chi connectivity index (χ0n) is 21.6. The molecule has 0 amide bonds. The highest BCUT2D eigenvalue weighted by Crippen LogP contribution is 2.53. The number of fused-ring (bicyclic) bond motifs is 7. The van der Waals surface area contributed by atoms with Gasteiger partial charge in [-0.25, -0.2) is 0 Å². The molecule has 5 aromatic rings. The molecule has 2 aliphatic heterocycles. The number of nitrogens with zero attached hydrogens (tertiary/aromatic N) is 5. The second-order valence-electron chi connectivity index (χ2n) is 9.18. The molecule has 0 spiro atoms. The van der Waals surface area contributed by atoms with Gasteiger partial charge in [0.05, 0.1) is 26.6 Å². The molecule has 0 saturated carbocycles. The third-order valence-electron chi connectivity index (χ3n) is 6.82. The number of para-hydroxylation sites is 1. The minimum absolute atomic E-state index is 0.135. The Morgan fingerprint density at radius 1 is 0.825 bits per heavy atom. The van der Waals surface area contributed by atoms with Crippen LogP contribution in [0.5, 0.6) is 0 Å². The Balaban J connectivity index is 1.46. The lowest BCUT2D eigenvalue weighted by atomic mass is 10.2. The van der Waals surface area contributed by atoms with E-state index in [-0.39, 0.29) is 5.37 Å². The summed E-state index contributed by atoms with van der Waals surface area (Å²) in [5.74, 6) is 0. The van der Waals surface area contributed by atoms with Crippen LogP contribution in [0.15, 0.2) is 133 Å². The van der Waals surface area contributed by atoms with Crippen LogP contribution in [0.3, 0.4) is 0 Å². The molecule has 1 atom stereocenters. The van der Waals surface area contributed by atoms with Crippen molar-refractivity contribution in [1.82, 2.24) is 9.97 Å². The van der Waals surface area contributed by atoms with E-state index >= 15 is 0 Å². The Labute approximate surface area is 245 Å². The molecule has 0 saturated heterocycles. The number of thioether (sulfide) groups is 1. The van der Waals surface area contributed by atoms with Crippen molar-refractivity contribution in [2.24, 2.45) is 0 Å². The van der Waals surface area contributed by atoms with E-state index in [0.29, 0.717) is 0 Å². The molecular weight excluding hydrogens is 551 g/mol. The number of benzene rings is 1. The van der Waals surface area contributed by atoms with Crippen LogP contribution in [0.25, 0.3) is 11.0 Å². The van der Waals surface area contributed by atoms with Crippen LogP contribution < -0.4 is 14.7 Å². The van der Waals surface area contributed by atoms with Gasteiger partial charge in [-0.3, -0.25) is 19.8 Å². The first kappa shape index (κ1) is 24.9. The molecule has 7 rings (SSSR count). The Morgan fingerprint density at radius 3 is 2.40 bits per heavy atom. The van der Waals surface area contributed by atoms with Gasteiger partial charge in [0.15, 0.2) is 0 Å². The topological polar surface area (TPSA) is 35.5 Å². The molecule has 40 heavy (non-hydrogen) atoms. The lowest BCUT2D eigenvalue weighted by Gasteiger charge is -2.32. The molecule has 6 bridgehead atoms. The summed E-state index contributed by atoms with van der Waals surface area (Å²) in [4.78, 5) is 16.4. The summed E-state index contributed by atoms with van der Waals surface area (Å²) < 4.78 is 0. The summed E-state index contributed by atoms with van der Waals surface area (Å²) in [6.07, 6.45) is 12.7. The smallest absolute Gasteiger partial charge is 0.112 e. The first-order valence-corrected chi connectivity index (χ1v) is 15.4. The zero-order valence-corrected chi connectivity index (χ0v) is 24.0. The SMILES string of the molecule is C=CC=C(C=C)N1C2=CCC(S2)N(c2ccnc3cccnc23)c2ccc(s2)N(c2ccccc2)c2ccc1s2. The summed E-state index contributed by atoms with van der Waals surface area (Å²) in [5.41, 5.74) is 4.96. The van der Waals surface area contributed by atoms with Gasteiger partial charge in [0.1, 0.15) is 20.5 Å². The molecule has 0 N–H and O–H groups in total. The van der Waals surface area contributed by atoms with Gasteiger partial charge in [-0.2, -0.15) is 0 Å². The molecule has 5 nitrogen and oxygen atoms in total. The molecule has 4 aromatic heterocycles. The number of anilines is 6. The van der Waals surface area contributed by atoms with Gasteiger partial charge in [-0.15, -0.1) is 0 Å². The summed E-state index contributed by atoms with van der Waals surface area (Å²) in [6, 6.07) is 25.5. The summed E-state index contributed by atoms with van der Waals surface area (Å²) in [7, 11) is 0. The number of thiophene rings is 2. The van der Waals surface area contributed by atoms with E-state index in [1.165, 1.54) is 5.03 Å². The fourth-order valence-electron chi connectivity index (χ4n) is 5.10. The fourth-order valence-corrected chi connectivity index (χ4v) is 8.77. The number of pyridine rings is 2. The number of allylic oxidation sites excluding steroid dienone is 3. The van der Waals surface area contributed by atoms with E-state index in [2.05, 4.69) is 99.6 Å². The molecule has 0 aliphatic carbocycles. The van der Waals surface area contributed by atoms with Crippen LogP contribution in [-0.2, 0) is 0 Å². The van der Waals surface area contributed by atoms with E-state index in [4.69, 9.17) is 4.98 Å². The van der Waals surface area contributed by atoms with Crippen molar-refractivity contribution in [3.8, 4) is 0 Å². The van der Waals surface area contributed by atoms with Gasteiger partial charge >= 0.3 is 0 Å². The largest absolute Gasteiger partial charge is 0.318 e. The van der Waals surface area contributed by atoms with Crippen molar-refractivity contribution in [1.29, 1.82) is 0 Å². The van der Waals surface area contributed by atoms with Gasteiger partial charge in [0, 0.05) is 23.8 Å². The molecule has 6 heterocycles. The van der Waals surface area contributed by atoms with Gasteiger partial charge in [-0.1, -0.05) is 77.9 Å². The van der Waals surface area contributed by atoms with Crippen molar-refractivity contribution in [3.05, 3.63) is 133 Å². The van der Waals surface area contributed by atoms with Crippen LogP contribution in [0.4, 0.5) is 31.4 Å². The van der Waals surface area contributed by atoms with Gasteiger partial charge in [0.25, 0.3) is 0 Å². The maximum Gasteiger partial charge on any atom is 0.112 e. The number of hydrogen-bond donors (Lipinski definition) is 0. The molecule has 0 radical (unpaired) electrons. The van der Waals surface area contributed by atoms with E-state index in [9.17, 15) is 0 Å². The van der Waals surface area contributed by atoms with E-state index in [1.54, 1.807) is 22.7 Å². The highest BCUT2D eigenvalue weighted by Gasteiger charge is 2.34. The van der Waals surface area contributed by atoms with Crippen LogP contribution >= 0.6 is 34.4 Å². The Hall–Kier alpha value is -4.11. The summed E-state index contributed by atoms with van der Waals surface area (Å²) >= 11 is 5.42. The standard InChI is InChI=1S/C32H25N5S3/c1-3-9-22(4-2)35-26-13-14-28(38-26)36(23-10-6-5-7-11-23)29-16-18-31(40-29)37(30-17-15-27(35)39-30)25-19-21-33-24-12-8-20-34-32(24)25/h3-16,18-21,30H,1-2,17H2. The summed E-state index contributed by atoms with van der Waals surface area (Å²) in [5, 5.41) is 5.89. The van der Waals surface area contributed by atoms with Crippen LogP contribution in [0, 0.1) is 0 Å². The molecule has 8 heteroatoms. The zero-order chi connectivity index (χ0) is 27.1. The van der Waals surface area contributed by atoms with E-state index in [1.807, 2.05) is 54.5 Å². The number of aromatic nitrogens is 2. The second-order valence-corrected chi connectivity index (χ2v) is 12.5. The fraction of sp³-hybridized carbons (Fsp3) is 0.0625. The normalized spacial score (nSPS) is 16.9. The maximum absolute atomic E-state index is 4.77. The van der Waals surface area contributed by atoms with Crippen LogP contribution in [-0.4, -0.2) is 15.3 Å².